The zero-order valence-electron chi connectivity index (χ0n) is 20.5. The minimum absolute atomic E-state index is 0.922. The summed E-state index contributed by atoms with van der Waals surface area (Å²) in [4.78, 5) is 9.99. The second kappa shape index (κ2) is 8.47. The van der Waals surface area contributed by atoms with Crippen molar-refractivity contribution in [2.45, 2.75) is 9.79 Å². The third-order valence-corrected chi connectivity index (χ3v) is 8.57. The van der Waals surface area contributed by atoms with Gasteiger partial charge in [0.2, 0.25) is 0 Å². The maximum atomic E-state index is 5.23. The molecule has 0 radical (unpaired) electrons. The van der Waals surface area contributed by atoms with Crippen molar-refractivity contribution >= 4 is 61.3 Å². The van der Waals surface area contributed by atoms with Crippen LogP contribution in [0.4, 0.5) is 17.2 Å². The molecule has 0 unspecified atom stereocenters. The number of fused-ring (bicyclic) bond motifs is 8. The molecule has 1 aromatic heterocycles. The Morgan fingerprint density at radius 3 is 1.61 bits per heavy atom. The van der Waals surface area contributed by atoms with Gasteiger partial charge < -0.3 is 0 Å². The van der Waals surface area contributed by atoms with E-state index in [-0.39, 0.29) is 0 Å². The van der Waals surface area contributed by atoms with Crippen LogP contribution in [0.5, 0.6) is 0 Å². The minimum Gasteiger partial charge on any atom is -0.293 e. The van der Waals surface area contributed by atoms with Crippen molar-refractivity contribution in [2.24, 2.45) is 0 Å². The summed E-state index contributed by atoms with van der Waals surface area (Å²) < 4.78 is 0. The van der Waals surface area contributed by atoms with Gasteiger partial charge in [-0.1, -0.05) is 103 Å². The van der Waals surface area contributed by atoms with Crippen LogP contribution in [0, 0.1) is 0 Å². The zero-order valence-corrected chi connectivity index (χ0v) is 21.3. The first-order chi connectivity index (χ1) is 18.8. The van der Waals surface area contributed by atoms with Crippen molar-refractivity contribution in [3.8, 4) is 11.3 Å². The molecule has 6 aromatic carbocycles. The second-order valence-corrected chi connectivity index (χ2v) is 10.7. The number of nitrogens with zero attached hydrogens (tertiary/aromatic N) is 2. The van der Waals surface area contributed by atoms with Gasteiger partial charge in [0.1, 0.15) is 5.82 Å². The average Bonchev–Trinajstić information content (AvgIpc) is 3.00. The van der Waals surface area contributed by atoms with Crippen molar-refractivity contribution in [3.63, 3.8) is 0 Å². The molecule has 2 heterocycles. The number of para-hydroxylation sites is 2. The van der Waals surface area contributed by atoms with Gasteiger partial charge in [-0.15, -0.1) is 0 Å². The van der Waals surface area contributed by atoms with Gasteiger partial charge in [-0.25, -0.2) is 4.98 Å². The molecule has 0 aliphatic carbocycles. The molecule has 8 rings (SSSR count). The number of hydrogen-bond acceptors (Lipinski definition) is 3. The number of anilines is 3. The molecule has 1 aliphatic rings. The van der Waals surface area contributed by atoms with Crippen LogP contribution < -0.4 is 4.90 Å². The summed E-state index contributed by atoms with van der Waals surface area (Å²) in [6.07, 6.45) is 0. The maximum Gasteiger partial charge on any atom is 0.138 e. The van der Waals surface area contributed by atoms with Gasteiger partial charge in [-0.3, -0.25) is 4.90 Å². The molecule has 0 saturated carbocycles. The molecule has 38 heavy (non-hydrogen) atoms. The number of pyridine rings is 1. The van der Waals surface area contributed by atoms with Crippen LogP contribution in [0.25, 0.3) is 43.6 Å². The van der Waals surface area contributed by atoms with Gasteiger partial charge in [0.05, 0.1) is 17.1 Å². The molecule has 0 saturated heterocycles. The molecular weight excluding hydrogens is 480 g/mol. The van der Waals surface area contributed by atoms with E-state index in [1.54, 1.807) is 0 Å². The molecule has 0 amide bonds. The van der Waals surface area contributed by atoms with Crippen LogP contribution in [0.2, 0.25) is 0 Å². The van der Waals surface area contributed by atoms with Crippen LogP contribution in [0.3, 0.4) is 0 Å². The summed E-state index contributed by atoms with van der Waals surface area (Å²) >= 11 is 1.82. The summed E-state index contributed by atoms with van der Waals surface area (Å²) in [5.41, 5.74) is 4.41. The molecule has 0 bridgehead atoms. The van der Waals surface area contributed by atoms with Gasteiger partial charge in [0.25, 0.3) is 0 Å². The summed E-state index contributed by atoms with van der Waals surface area (Å²) in [5, 5.41) is 7.67. The minimum atomic E-state index is 0.922. The SMILES string of the molecule is c1cc(-c2ccc3c4ccccc4c4ccccc4c3c2)nc(N2c3ccccc3Sc3ccccc32)c1. The Bertz CT molecular complexity index is 1950. The highest BCUT2D eigenvalue weighted by Gasteiger charge is 2.25. The molecule has 178 valence electrons. The van der Waals surface area contributed by atoms with Crippen LogP contribution in [-0.4, -0.2) is 4.98 Å². The number of benzene rings is 6. The molecule has 0 N–H and O–H groups in total. The summed E-state index contributed by atoms with van der Waals surface area (Å²) in [5.74, 6) is 0.922. The summed E-state index contributed by atoms with van der Waals surface area (Å²) in [7, 11) is 0. The zero-order chi connectivity index (χ0) is 25.1. The first-order valence-electron chi connectivity index (χ1n) is 12.8. The van der Waals surface area contributed by atoms with E-state index in [2.05, 4.69) is 138 Å². The highest BCUT2D eigenvalue weighted by molar-refractivity contribution is 7.99. The van der Waals surface area contributed by atoms with E-state index in [0.29, 0.717) is 0 Å². The molecule has 3 heteroatoms. The lowest BCUT2D eigenvalue weighted by Crippen LogP contribution is -2.16. The Morgan fingerprint density at radius 1 is 0.447 bits per heavy atom. The van der Waals surface area contributed by atoms with Gasteiger partial charge in [0, 0.05) is 15.4 Å². The third kappa shape index (κ3) is 3.26. The van der Waals surface area contributed by atoms with Crippen molar-refractivity contribution in [1.29, 1.82) is 0 Å². The first kappa shape index (κ1) is 21.5. The predicted octanol–water partition coefficient (Wildman–Crippen LogP) is 10.1. The Kier molecular flexibility index (Phi) is 4.79. The Balaban J connectivity index is 1.33. The largest absolute Gasteiger partial charge is 0.293 e. The fourth-order valence-electron chi connectivity index (χ4n) is 5.73. The standard InChI is InChI=1S/C35H22N2S/c1-2-12-26-24(10-1)25-11-3-4-13-27(25)29-22-23(20-21-28(26)29)30-14-9-19-35(36-30)37-31-15-5-7-17-33(31)38-34-18-8-6-16-32(34)37/h1-22H. The van der Waals surface area contributed by atoms with E-state index < -0.39 is 0 Å². The summed E-state index contributed by atoms with van der Waals surface area (Å²) in [6.45, 7) is 0. The topological polar surface area (TPSA) is 16.1 Å². The Morgan fingerprint density at radius 2 is 0.974 bits per heavy atom. The van der Waals surface area contributed by atoms with Crippen molar-refractivity contribution in [1.82, 2.24) is 4.98 Å². The van der Waals surface area contributed by atoms with E-state index in [1.807, 2.05) is 11.8 Å². The monoisotopic (exact) mass is 502 g/mol. The maximum absolute atomic E-state index is 5.23. The van der Waals surface area contributed by atoms with Crippen molar-refractivity contribution in [3.05, 3.63) is 133 Å². The lowest BCUT2D eigenvalue weighted by Gasteiger charge is -2.32. The van der Waals surface area contributed by atoms with Crippen LogP contribution in [0.1, 0.15) is 0 Å². The first-order valence-corrected chi connectivity index (χ1v) is 13.6. The van der Waals surface area contributed by atoms with Gasteiger partial charge >= 0.3 is 0 Å². The molecular formula is C35H22N2S. The van der Waals surface area contributed by atoms with Crippen LogP contribution >= 0.6 is 11.8 Å². The fraction of sp³-hybridized carbons (Fsp3) is 0. The van der Waals surface area contributed by atoms with E-state index in [9.17, 15) is 0 Å². The van der Waals surface area contributed by atoms with Crippen molar-refractivity contribution in [2.75, 3.05) is 4.90 Å². The van der Waals surface area contributed by atoms with Gasteiger partial charge in [0.15, 0.2) is 0 Å². The second-order valence-electron chi connectivity index (χ2n) is 9.61. The predicted molar refractivity (Wildman–Crippen MR) is 161 cm³/mol. The van der Waals surface area contributed by atoms with Crippen molar-refractivity contribution < 1.29 is 0 Å². The quantitative estimate of drug-likeness (QED) is 0.219. The van der Waals surface area contributed by atoms with Crippen LogP contribution in [-0.2, 0) is 0 Å². The van der Waals surface area contributed by atoms with E-state index in [1.165, 1.54) is 42.1 Å². The highest BCUT2D eigenvalue weighted by atomic mass is 32.2. The van der Waals surface area contributed by atoms with Crippen LogP contribution in [0.15, 0.2) is 143 Å². The fourth-order valence-corrected chi connectivity index (χ4v) is 6.78. The Labute approximate surface area is 225 Å². The number of hydrogen-bond donors (Lipinski definition) is 0. The molecule has 0 spiro atoms. The highest BCUT2D eigenvalue weighted by Crippen LogP contribution is 2.50. The lowest BCUT2D eigenvalue weighted by molar-refractivity contribution is 1.11. The summed E-state index contributed by atoms with van der Waals surface area (Å²) in [6, 6.07) is 47.7. The van der Waals surface area contributed by atoms with Gasteiger partial charge in [-0.05, 0) is 74.8 Å². The lowest BCUT2D eigenvalue weighted by atomic mass is 9.93. The molecule has 7 aromatic rings. The number of rotatable bonds is 2. The Hall–Kier alpha value is -4.60. The molecule has 2 nitrogen and oxygen atoms in total. The third-order valence-electron chi connectivity index (χ3n) is 7.44. The molecule has 0 atom stereocenters. The number of aromatic nitrogens is 1. The van der Waals surface area contributed by atoms with Gasteiger partial charge in [-0.2, -0.15) is 0 Å². The van der Waals surface area contributed by atoms with E-state index in [4.69, 9.17) is 4.98 Å². The smallest absolute Gasteiger partial charge is 0.138 e. The normalized spacial score (nSPS) is 12.6. The van der Waals surface area contributed by atoms with E-state index >= 15 is 0 Å². The molecule has 1 aliphatic heterocycles. The average molecular weight is 503 g/mol. The molecule has 0 fully saturated rings. The van der Waals surface area contributed by atoms with E-state index in [0.717, 1.165) is 28.5 Å².